The van der Waals surface area contributed by atoms with Crippen molar-refractivity contribution in [1.82, 2.24) is 4.90 Å². The van der Waals surface area contributed by atoms with E-state index in [2.05, 4.69) is 24.5 Å². The molecule has 0 N–H and O–H groups in total. The van der Waals surface area contributed by atoms with Crippen LogP contribution in [0.5, 0.6) is 0 Å². The number of thiol groups is 1. The third-order valence-electron chi connectivity index (χ3n) is 4.66. The summed E-state index contributed by atoms with van der Waals surface area (Å²) in [4.78, 5) is 2.79. The lowest BCUT2D eigenvalue weighted by Gasteiger charge is -2.47. The van der Waals surface area contributed by atoms with Gasteiger partial charge in [-0.1, -0.05) is 26.2 Å². The molecule has 94 valence electrons. The molecule has 1 aliphatic heterocycles. The van der Waals surface area contributed by atoms with Crippen LogP contribution in [0, 0.1) is 5.41 Å². The van der Waals surface area contributed by atoms with Crippen LogP contribution in [-0.2, 0) is 0 Å². The van der Waals surface area contributed by atoms with Gasteiger partial charge in [-0.25, -0.2) is 0 Å². The summed E-state index contributed by atoms with van der Waals surface area (Å²) in [6.45, 7) is 5.01. The normalized spacial score (nSPS) is 30.0. The van der Waals surface area contributed by atoms with Gasteiger partial charge in [0.2, 0.25) is 0 Å². The van der Waals surface area contributed by atoms with Crippen molar-refractivity contribution in [3.05, 3.63) is 0 Å². The highest BCUT2D eigenvalue weighted by Gasteiger charge is 2.38. The van der Waals surface area contributed by atoms with Crippen molar-refractivity contribution < 1.29 is 0 Å². The van der Waals surface area contributed by atoms with Gasteiger partial charge in [-0.2, -0.15) is 12.6 Å². The van der Waals surface area contributed by atoms with Crippen LogP contribution >= 0.6 is 12.6 Å². The Hall–Kier alpha value is 0.310. The minimum atomic E-state index is 0.590. The largest absolute Gasteiger partial charge is 0.300 e. The molecule has 16 heavy (non-hydrogen) atoms. The molecule has 0 aromatic heterocycles. The van der Waals surface area contributed by atoms with Crippen LogP contribution in [0.3, 0.4) is 0 Å². The van der Waals surface area contributed by atoms with E-state index in [1.54, 1.807) is 0 Å². The molecule has 0 amide bonds. The molecule has 0 aromatic carbocycles. The van der Waals surface area contributed by atoms with Crippen LogP contribution in [-0.4, -0.2) is 29.8 Å². The van der Waals surface area contributed by atoms with Gasteiger partial charge in [0.15, 0.2) is 0 Å². The predicted octanol–water partition coefficient (Wildman–Crippen LogP) is 3.74. The first kappa shape index (κ1) is 12.8. The number of rotatable bonds is 5. The van der Waals surface area contributed by atoms with Gasteiger partial charge in [0.1, 0.15) is 0 Å². The van der Waals surface area contributed by atoms with E-state index in [9.17, 15) is 0 Å². The highest BCUT2D eigenvalue weighted by Crippen LogP contribution is 2.43. The minimum absolute atomic E-state index is 0.590. The zero-order chi connectivity index (χ0) is 11.4. The average Bonchev–Trinajstić information content (AvgIpc) is 2.26. The summed E-state index contributed by atoms with van der Waals surface area (Å²) in [5.74, 6) is 1.10. The summed E-state index contributed by atoms with van der Waals surface area (Å²) in [7, 11) is 0. The van der Waals surface area contributed by atoms with E-state index in [4.69, 9.17) is 0 Å². The minimum Gasteiger partial charge on any atom is -0.300 e. The molecule has 0 bridgehead atoms. The standard InChI is InChI=1S/C14H27NS/c1-2-6-13-7-3-4-10-15(13)11-14(12-16)8-5-9-14/h13,16H,2-12H2,1H3. The van der Waals surface area contributed by atoms with E-state index in [1.807, 2.05) is 0 Å². The van der Waals surface area contributed by atoms with Crippen LogP contribution in [0.15, 0.2) is 0 Å². The second-order valence-corrected chi connectivity index (χ2v) is 6.24. The molecule has 2 fully saturated rings. The van der Waals surface area contributed by atoms with Crippen LogP contribution < -0.4 is 0 Å². The third-order valence-corrected chi connectivity index (χ3v) is 5.33. The van der Waals surface area contributed by atoms with Crippen LogP contribution in [0.2, 0.25) is 0 Å². The monoisotopic (exact) mass is 241 g/mol. The first-order chi connectivity index (χ1) is 7.79. The smallest absolute Gasteiger partial charge is 0.00954 e. The maximum Gasteiger partial charge on any atom is 0.00954 e. The Morgan fingerprint density at radius 1 is 1.25 bits per heavy atom. The first-order valence-electron chi connectivity index (χ1n) is 7.14. The maximum atomic E-state index is 4.59. The van der Waals surface area contributed by atoms with E-state index >= 15 is 0 Å². The summed E-state index contributed by atoms with van der Waals surface area (Å²) in [5, 5.41) is 0. The van der Waals surface area contributed by atoms with Gasteiger partial charge < -0.3 is 0 Å². The molecular formula is C14H27NS. The van der Waals surface area contributed by atoms with E-state index in [0.29, 0.717) is 5.41 Å². The fourth-order valence-corrected chi connectivity index (χ4v) is 3.82. The number of piperidine rings is 1. The molecule has 1 nitrogen and oxygen atoms in total. The second-order valence-electron chi connectivity index (χ2n) is 5.92. The van der Waals surface area contributed by atoms with Crippen molar-refractivity contribution in [2.24, 2.45) is 5.41 Å². The summed E-state index contributed by atoms with van der Waals surface area (Å²) in [5.41, 5.74) is 0.590. The van der Waals surface area contributed by atoms with Gasteiger partial charge in [0, 0.05) is 12.6 Å². The lowest BCUT2D eigenvalue weighted by atomic mass is 9.69. The fraction of sp³-hybridized carbons (Fsp3) is 1.00. The molecule has 1 unspecified atom stereocenters. The maximum absolute atomic E-state index is 4.59. The summed E-state index contributed by atoms with van der Waals surface area (Å²) in [6, 6.07) is 0.885. The fourth-order valence-electron chi connectivity index (χ4n) is 3.40. The van der Waals surface area contributed by atoms with Crippen molar-refractivity contribution in [3.63, 3.8) is 0 Å². The lowest BCUT2D eigenvalue weighted by Crippen LogP contribution is -2.49. The SMILES string of the molecule is CCCC1CCCCN1CC1(CS)CCC1. The Kier molecular flexibility index (Phi) is 4.60. The third kappa shape index (κ3) is 2.76. The molecule has 1 saturated carbocycles. The molecule has 1 heterocycles. The molecule has 2 aliphatic rings. The van der Waals surface area contributed by atoms with Crippen molar-refractivity contribution in [3.8, 4) is 0 Å². The quantitative estimate of drug-likeness (QED) is 0.718. The van der Waals surface area contributed by atoms with Crippen LogP contribution in [0.4, 0.5) is 0 Å². The van der Waals surface area contributed by atoms with Gasteiger partial charge >= 0.3 is 0 Å². The molecule has 1 saturated heterocycles. The number of hydrogen-bond acceptors (Lipinski definition) is 2. The number of nitrogens with zero attached hydrogens (tertiary/aromatic N) is 1. The predicted molar refractivity (Wildman–Crippen MR) is 74.3 cm³/mol. The molecule has 1 aliphatic carbocycles. The Morgan fingerprint density at radius 3 is 2.62 bits per heavy atom. The Morgan fingerprint density at radius 2 is 2.06 bits per heavy atom. The van der Waals surface area contributed by atoms with E-state index < -0.39 is 0 Å². The van der Waals surface area contributed by atoms with Crippen LogP contribution in [0.25, 0.3) is 0 Å². The van der Waals surface area contributed by atoms with Gasteiger partial charge in [0.25, 0.3) is 0 Å². The Labute approximate surface area is 106 Å². The zero-order valence-electron chi connectivity index (χ0n) is 10.7. The van der Waals surface area contributed by atoms with Crippen molar-refractivity contribution in [2.75, 3.05) is 18.8 Å². The van der Waals surface area contributed by atoms with Crippen LogP contribution in [0.1, 0.15) is 58.3 Å². The van der Waals surface area contributed by atoms with Crippen molar-refractivity contribution in [1.29, 1.82) is 0 Å². The van der Waals surface area contributed by atoms with E-state index in [1.165, 1.54) is 64.5 Å². The molecular weight excluding hydrogens is 214 g/mol. The van der Waals surface area contributed by atoms with Gasteiger partial charge in [-0.05, 0) is 49.8 Å². The summed E-state index contributed by atoms with van der Waals surface area (Å²) in [6.07, 6.45) is 11.3. The molecule has 0 aromatic rings. The van der Waals surface area contributed by atoms with Gasteiger partial charge in [-0.15, -0.1) is 0 Å². The van der Waals surface area contributed by atoms with Crippen molar-refractivity contribution >= 4 is 12.6 Å². The van der Waals surface area contributed by atoms with Crippen molar-refractivity contribution in [2.45, 2.75) is 64.3 Å². The number of hydrogen-bond donors (Lipinski definition) is 1. The highest BCUT2D eigenvalue weighted by molar-refractivity contribution is 7.80. The first-order valence-corrected chi connectivity index (χ1v) is 7.78. The highest BCUT2D eigenvalue weighted by atomic mass is 32.1. The van der Waals surface area contributed by atoms with E-state index in [0.717, 1.165) is 11.8 Å². The topological polar surface area (TPSA) is 3.24 Å². The molecule has 1 atom stereocenters. The molecule has 0 radical (unpaired) electrons. The zero-order valence-corrected chi connectivity index (χ0v) is 11.6. The average molecular weight is 241 g/mol. The van der Waals surface area contributed by atoms with E-state index in [-0.39, 0.29) is 0 Å². The lowest BCUT2D eigenvalue weighted by molar-refractivity contribution is 0.0427. The van der Waals surface area contributed by atoms with Gasteiger partial charge in [0.05, 0.1) is 0 Å². The molecule has 2 rings (SSSR count). The molecule has 2 heteroatoms. The molecule has 0 spiro atoms. The van der Waals surface area contributed by atoms with Gasteiger partial charge in [-0.3, -0.25) is 4.90 Å². The summed E-state index contributed by atoms with van der Waals surface area (Å²) >= 11 is 4.59. The Balaban J connectivity index is 1.89. The number of likely N-dealkylation sites (tertiary alicyclic amines) is 1. The second kappa shape index (κ2) is 5.77. The summed E-state index contributed by atoms with van der Waals surface area (Å²) < 4.78 is 0. The Bertz CT molecular complexity index is 205.